The Hall–Kier alpha value is -0.530. The van der Waals surface area contributed by atoms with Gasteiger partial charge in [-0.3, -0.25) is 4.79 Å². The molecule has 0 aromatic heterocycles. The summed E-state index contributed by atoms with van der Waals surface area (Å²) in [4.78, 5) is 14.3. The van der Waals surface area contributed by atoms with Crippen molar-refractivity contribution in [2.75, 3.05) is 13.1 Å². The van der Waals surface area contributed by atoms with Gasteiger partial charge in [0.25, 0.3) is 0 Å². The maximum Gasteiger partial charge on any atom is 0.225 e. The van der Waals surface area contributed by atoms with Gasteiger partial charge in [-0.15, -0.1) is 0 Å². The van der Waals surface area contributed by atoms with Crippen LogP contribution in [0.1, 0.15) is 47.0 Å². The zero-order valence-electron chi connectivity index (χ0n) is 10.6. The third-order valence-corrected chi connectivity index (χ3v) is 3.52. The smallest absolute Gasteiger partial charge is 0.225 e. The van der Waals surface area contributed by atoms with Gasteiger partial charge in [0.15, 0.2) is 0 Å². The summed E-state index contributed by atoms with van der Waals surface area (Å²) >= 11 is 0. The van der Waals surface area contributed by atoms with Crippen molar-refractivity contribution in [3.63, 3.8) is 0 Å². The summed E-state index contributed by atoms with van der Waals surface area (Å²) in [5, 5.41) is 0. The first-order valence-corrected chi connectivity index (χ1v) is 6.37. The van der Waals surface area contributed by atoms with Crippen LogP contribution in [0.3, 0.4) is 0 Å². The molecule has 0 N–H and O–H groups in total. The van der Waals surface area contributed by atoms with E-state index in [1.807, 2.05) is 0 Å². The van der Waals surface area contributed by atoms with E-state index in [4.69, 9.17) is 0 Å². The van der Waals surface area contributed by atoms with Crippen LogP contribution in [0.4, 0.5) is 0 Å². The summed E-state index contributed by atoms with van der Waals surface area (Å²) in [6, 6.07) is 0. The molecule has 2 nitrogen and oxygen atoms in total. The molecule has 0 aliphatic carbocycles. The topological polar surface area (TPSA) is 20.3 Å². The molecule has 15 heavy (non-hydrogen) atoms. The molecule has 0 spiro atoms. The number of hydrogen-bond donors (Lipinski definition) is 0. The Morgan fingerprint density at radius 3 is 2.07 bits per heavy atom. The molecule has 0 bridgehead atoms. The van der Waals surface area contributed by atoms with E-state index in [1.165, 1.54) is 6.42 Å². The number of nitrogens with zero attached hydrogens (tertiary/aromatic N) is 1. The maximum atomic E-state index is 12.2. The lowest BCUT2D eigenvalue weighted by atomic mass is 9.90. The van der Waals surface area contributed by atoms with Crippen molar-refractivity contribution in [3.8, 4) is 0 Å². The lowest BCUT2D eigenvalue weighted by Crippen LogP contribution is -2.45. The second-order valence-electron chi connectivity index (χ2n) is 5.20. The number of piperidine rings is 1. The predicted molar refractivity (Wildman–Crippen MR) is 63.6 cm³/mol. The van der Waals surface area contributed by atoms with Gasteiger partial charge in [-0.1, -0.05) is 27.7 Å². The minimum atomic E-state index is 0.252. The highest BCUT2D eigenvalue weighted by atomic mass is 16.2. The van der Waals surface area contributed by atoms with Crippen LogP contribution in [-0.4, -0.2) is 23.9 Å². The maximum absolute atomic E-state index is 12.2. The fourth-order valence-corrected chi connectivity index (χ4v) is 2.74. The van der Waals surface area contributed by atoms with Crippen LogP contribution in [0.2, 0.25) is 0 Å². The number of likely N-dealkylation sites (tertiary alicyclic amines) is 1. The van der Waals surface area contributed by atoms with E-state index in [1.54, 1.807) is 0 Å². The van der Waals surface area contributed by atoms with Crippen molar-refractivity contribution in [2.45, 2.75) is 47.0 Å². The monoisotopic (exact) mass is 211 g/mol. The first-order chi connectivity index (χ1) is 7.08. The Bertz CT molecular complexity index is 201. The number of carbonyl (C=O) groups excluding carboxylic acids is 1. The van der Waals surface area contributed by atoms with E-state index in [9.17, 15) is 4.79 Å². The Morgan fingerprint density at radius 2 is 1.67 bits per heavy atom. The lowest BCUT2D eigenvalue weighted by molar-refractivity contribution is -0.138. The highest BCUT2D eigenvalue weighted by molar-refractivity contribution is 5.78. The highest BCUT2D eigenvalue weighted by Crippen LogP contribution is 2.23. The molecule has 0 aromatic rings. The molecule has 0 radical (unpaired) electrons. The molecule has 1 amide bonds. The predicted octanol–water partition coefficient (Wildman–Crippen LogP) is 2.93. The largest absolute Gasteiger partial charge is 0.342 e. The lowest BCUT2D eigenvalue weighted by Gasteiger charge is -2.36. The fraction of sp³-hybridized carbons (Fsp3) is 0.923. The summed E-state index contributed by atoms with van der Waals surface area (Å²) in [5.41, 5.74) is 0. The zero-order valence-corrected chi connectivity index (χ0v) is 10.6. The van der Waals surface area contributed by atoms with Crippen LogP contribution in [0.25, 0.3) is 0 Å². The third kappa shape index (κ3) is 3.22. The van der Waals surface area contributed by atoms with E-state index < -0.39 is 0 Å². The van der Waals surface area contributed by atoms with Crippen LogP contribution >= 0.6 is 0 Å². The average molecular weight is 211 g/mol. The molecule has 1 saturated heterocycles. The van der Waals surface area contributed by atoms with Crippen molar-refractivity contribution < 1.29 is 4.79 Å². The summed E-state index contributed by atoms with van der Waals surface area (Å²) in [6.07, 6.45) is 3.23. The molecule has 1 heterocycles. The number of carbonyl (C=O) groups is 1. The average Bonchev–Trinajstić information content (AvgIpc) is 2.18. The number of rotatable bonds is 3. The van der Waals surface area contributed by atoms with Crippen LogP contribution in [0, 0.1) is 17.8 Å². The van der Waals surface area contributed by atoms with E-state index in [-0.39, 0.29) is 5.92 Å². The molecule has 1 rings (SSSR count). The summed E-state index contributed by atoms with van der Waals surface area (Å²) in [5.74, 6) is 1.99. The van der Waals surface area contributed by atoms with Gasteiger partial charge in [-0.25, -0.2) is 0 Å². The van der Waals surface area contributed by atoms with Crippen molar-refractivity contribution in [3.05, 3.63) is 0 Å². The first kappa shape index (κ1) is 12.5. The zero-order chi connectivity index (χ0) is 11.4. The second-order valence-corrected chi connectivity index (χ2v) is 5.20. The van der Waals surface area contributed by atoms with Crippen LogP contribution < -0.4 is 0 Å². The summed E-state index contributed by atoms with van der Waals surface area (Å²) < 4.78 is 0. The standard InChI is InChI=1S/C13H25NO/c1-5-12(6-2)13(15)14-8-10(3)7-11(4)9-14/h10-12H,5-9H2,1-4H3/t10-,11-/m0/s1. The Morgan fingerprint density at radius 1 is 1.20 bits per heavy atom. The Labute approximate surface area is 94.0 Å². The SMILES string of the molecule is CCC(CC)C(=O)N1C[C@@H](C)C[C@H](C)C1. The van der Waals surface area contributed by atoms with Crippen LogP contribution in [0.15, 0.2) is 0 Å². The van der Waals surface area contributed by atoms with Gasteiger partial charge in [-0.2, -0.15) is 0 Å². The molecule has 2 heteroatoms. The molecular weight excluding hydrogens is 186 g/mol. The molecule has 2 atom stereocenters. The van der Waals surface area contributed by atoms with E-state index in [0.29, 0.717) is 17.7 Å². The van der Waals surface area contributed by atoms with Gasteiger partial charge in [0.1, 0.15) is 0 Å². The quantitative estimate of drug-likeness (QED) is 0.703. The van der Waals surface area contributed by atoms with Crippen molar-refractivity contribution in [1.29, 1.82) is 0 Å². The third-order valence-electron chi connectivity index (χ3n) is 3.52. The fourth-order valence-electron chi connectivity index (χ4n) is 2.74. The summed E-state index contributed by atoms with van der Waals surface area (Å²) in [7, 11) is 0. The molecule has 0 saturated carbocycles. The van der Waals surface area contributed by atoms with Gasteiger partial charge in [0.05, 0.1) is 0 Å². The van der Waals surface area contributed by atoms with Gasteiger partial charge < -0.3 is 4.90 Å². The van der Waals surface area contributed by atoms with Crippen LogP contribution in [-0.2, 0) is 4.79 Å². The van der Waals surface area contributed by atoms with Crippen molar-refractivity contribution in [2.24, 2.45) is 17.8 Å². The molecule has 0 unspecified atom stereocenters. The molecule has 88 valence electrons. The minimum absolute atomic E-state index is 0.252. The first-order valence-electron chi connectivity index (χ1n) is 6.37. The Kier molecular flexibility index (Phi) is 4.62. The van der Waals surface area contributed by atoms with E-state index in [0.717, 1.165) is 25.9 Å². The normalized spacial score (nSPS) is 27.1. The van der Waals surface area contributed by atoms with E-state index in [2.05, 4.69) is 32.6 Å². The van der Waals surface area contributed by atoms with Gasteiger partial charge >= 0.3 is 0 Å². The molecular formula is C13H25NO. The van der Waals surface area contributed by atoms with Gasteiger partial charge in [0.2, 0.25) is 5.91 Å². The van der Waals surface area contributed by atoms with E-state index >= 15 is 0 Å². The molecule has 0 aromatic carbocycles. The molecule has 1 aliphatic rings. The Balaban J connectivity index is 2.58. The molecule has 1 aliphatic heterocycles. The van der Waals surface area contributed by atoms with Gasteiger partial charge in [-0.05, 0) is 31.1 Å². The van der Waals surface area contributed by atoms with Crippen molar-refractivity contribution >= 4 is 5.91 Å². The summed E-state index contributed by atoms with van der Waals surface area (Å²) in [6.45, 7) is 10.7. The van der Waals surface area contributed by atoms with Gasteiger partial charge in [0, 0.05) is 19.0 Å². The minimum Gasteiger partial charge on any atom is -0.342 e. The number of hydrogen-bond acceptors (Lipinski definition) is 1. The number of amides is 1. The highest BCUT2D eigenvalue weighted by Gasteiger charge is 2.28. The van der Waals surface area contributed by atoms with Crippen LogP contribution in [0.5, 0.6) is 0 Å². The molecule has 1 fully saturated rings. The van der Waals surface area contributed by atoms with Crippen molar-refractivity contribution in [1.82, 2.24) is 4.90 Å². The second kappa shape index (κ2) is 5.53.